The predicted octanol–water partition coefficient (Wildman–Crippen LogP) is 2.63. The monoisotopic (exact) mass is 368 g/mol. The highest BCUT2D eigenvalue weighted by Gasteiger charge is 2.41. The molecule has 0 radical (unpaired) electrons. The van der Waals surface area contributed by atoms with Gasteiger partial charge in [-0.3, -0.25) is 0 Å². The average molecular weight is 369 g/mol. The minimum atomic E-state index is -4.52. The number of halogens is 6. The van der Waals surface area contributed by atoms with Gasteiger partial charge in [0.05, 0.1) is 11.6 Å². The molecule has 0 saturated heterocycles. The SMILES string of the molecule is NCc1c(Cl)ccc(S(=O)(=O)NCC(F)(F)C(F)F)c1Cl. The zero-order valence-corrected chi connectivity index (χ0v) is 12.5. The summed E-state index contributed by atoms with van der Waals surface area (Å²) in [5, 5.41) is -0.253. The first kappa shape index (κ1) is 18.4. The quantitative estimate of drug-likeness (QED) is 0.758. The molecule has 3 N–H and O–H groups in total. The summed E-state index contributed by atoms with van der Waals surface area (Å²) >= 11 is 11.5. The molecule has 0 atom stereocenters. The molecule has 4 nitrogen and oxygen atoms in total. The molecular weight excluding hydrogens is 359 g/mol. The molecule has 0 aromatic heterocycles. The molecule has 0 amide bonds. The lowest BCUT2D eigenvalue weighted by atomic mass is 10.2. The van der Waals surface area contributed by atoms with E-state index >= 15 is 0 Å². The molecule has 1 aromatic carbocycles. The van der Waals surface area contributed by atoms with E-state index in [1.54, 1.807) is 0 Å². The third-order valence-electron chi connectivity index (χ3n) is 2.46. The van der Waals surface area contributed by atoms with Crippen molar-refractivity contribution in [1.29, 1.82) is 0 Å². The lowest BCUT2D eigenvalue weighted by Gasteiger charge is -2.17. The van der Waals surface area contributed by atoms with Gasteiger partial charge >= 0.3 is 12.3 Å². The molecule has 21 heavy (non-hydrogen) atoms. The van der Waals surface area contributed by atoms with Crippen LogP contribution in [0.2, 0.25) is 10.0 Å². The summed E-state index contributed by atoms with van der Waals surface area (Å²) in [4.78, 5) is -0.570. The molecule has 1 rings (SSSR count). The third kappa shape index (κ3) is 4.19. The number of sulfonamides is 1. The minimum Gasteiger partial charge on any atom is -0.326 e. The van der Waals surface area contributed by atoms with E-state index in [0.717, 1.165) is 12.1 Å². The van der Waals surface area contributed by atoms with Crippen molar-refractivity contribution in [3.05, 3.63) is 27.7 Å². The molecule has 11 heteroatoms. The zero-order valence-electron chi connectivity index (χ0n) is 10.2. The molecule has 0 saturated carbocycles. The summed E-state index contributed by atoms with van der Waals surface area (Å²) in [6.07, 6.45) is -4.00. The van der Waals surface area contributed by atoms with Crippen molar-refractivity contribution in [2.45, 2.75) is 23.8 Å². The van der Waals surface area contributed by atoms with Crippen LogP contribution in [0.25, 0.3) is 0 Å². The topological polar surface area (TPSA) is 72.2 Å². The van der Waals surface area contributed by atoms with Crippen LogP contribution in [-0.2, 0) is 16.6 Å². The Kier molecular flexibility index (Phi) is 5.84. The van der Waals surface area contributed by atoms with Crippen molar-refractivity contribution >= 4 is 33.2 Å². The first-order valence-electron chi connectivity index (χ1n) is 5.35. The fraction of sp³-hybridized carbons (Fsp3) is 0.400. The molecule has 0 unspecified atom stereocenters. The molecule has 0 heterocycles. The van der Waals surface area contributed by atoms with Crippen LogP contribution in [0.15, 0.2) is 17.0 Å². The van der Waals surface area contributed by atoms with E-state index in [0.29, 0.717) is 0 Å². The highest BCUT2D eigenvalue weighted by Crippen LogP contribution is 2.31. The summed E-state index contributed by atoms with van der Waals surface area (Å²) < 4.78 is 74.6. The second-order valence-corrected chi connectivity index (χ2v) is 6.45. The largest absolute Gasteiger partial charge is 0.326 e. The number of nitrogens with two attached hydrogens (primary N) is 1. The second-order valence-electron chi connectivity index (χ2n) is 3.93. The maximum atomic E-state index is 12.8. The summed E-state index contributed by atoms with van der Waals surface area (Å²) in [6, 6.07) is 2.13. The van der Waals surface area contributed by atoms with Gasteiger partial charge in [-0.2, -0.15) is 8.78 Å². The highest BCUT2D eigenvalue weighted by atomic mass is 35.5. The smallest absolute Gasteiger partial charge is 0.320 e. The summed E-state index contributed by atoms with van der Waals surface area (Å²) in [6.45, 7) is -1.95. The Bertz CT molecular complexity index is 626. The predicted molar refractivity (Wildman–Crippen MR) is 70.5 cm³/mol. The molecule has 0 aliphatic rings. The van der Waals surface area contributed by atoms with Gasteiger partial charge in [0.25, 0.3) is 0 Å². The van der Waals surface area contributed by atoms with Gasteiger partial charge in [0.1, 0.15) is 4.90 Å². The molecular formula is C10H10Cl2F4N2O2S. The van der Waals surface area contributed by atoms with Crippen molar-refractivity contribution in [2.75, 3.05) is 6.54 Å². The standard InChI is InChI=1S/C10H10Cl2F4N2O2S/c11-6-1-2-7(8(12)5(6)3-17)21(19,20)18-4-10(15,16)9(13)14/h1-2,9,18H,3-4,17H2. The highest BCUT2D eigenvalue weighted by molar-refractivity contribution is 7.89. The Morgan fingerprint density at radius 2 is 1.86 bits per heavy atom. The van der Waals surface area contributed by atoms with Crippen LogP contribution in [0, 0.1) is 0 Å². The molecule has 1 aromatic rings. The lowest BCUT2D eigenvalue weighted by molar-refractivity contribution is -0.122. The maximum absolute atomic E-state index is 12.8. The number of hydrogen-bond donors (Lipinski definition) is 2. The normalized spacial score (nSPS) is 13.0. The lowest BCUT2D eigenvalue weighted by Crippen LogP contribution is -2.41. The zero-order chi connectivity index (χ0) is 16.4. The van der Waals surface area contributed by atoms with Gasteiger partial charge in [0.15, 0.2) is 0 Å². The van der Waals surface area contributed by atoms with E-state index in [4.69, 9.17) is 28.9 Å². The van der Waals surface area contributed by atoms with Crippen molar-refractivity contribution < 1.29 is 26.0 Å². The minimum absolute atomic E-state index is 0.0966. The van der Waals surface area contributed by atoms with Crippen LogP contribution in [0.3, 0.4) is 0 Å². The summed E-state index contributed by atoms with van der Waals surface area (Å²) in [7, 11) is -4.52. The number of alkyl halides is 4. The average Bonchev–Trinajstić information content (AvgIpc) is 2.36. The van der Waals surface area contributed by atoms with Gasteiger partial charge in [0.2, 0.25) is 10.0 Å². The first-order chi connectivity index (χ1) is 9.53. The molecule has 0 fully saturated rings. The van der Waals surface area contributed by atoms with Gasteiger partial charge < -0.3 is 5.73 Å². The van der Waals surface area contributed by atoms with Crippen molar-refractivity contribution in [2.24, 2.45) is 5.73 Å². The van der Waals surface area contributed by atoms with Gasteiger partial charge in [0, 0.05) is 17.1 Å². The Labute approximate surface area is 128 Å². The molecule has 0 spiro atoms. The van der Waals surface area contributed by atoms with Crippen molar-refractivity contribution in [3.8, 4) is 0 Å². The first-order valence-corrected chi connectivity index (χ1v) is 7.59. The van der Waals surface area contributed by atoms with Crippen LogP contribution < -0.4 is 10.5 Å². The van der Waals surface area contributed by atoms with Crippen molar-refractivity contribution in [3.63, 3.8) is 0 Å². The van der Waals surface area contributed by atoms with Crippen LogP contribution in [-0.4, -0.2) is 27.3 Å². The third-order valence-corrected chi connectivity index (χ3v) is 4.80. The van der Waals surface area contributed by atoms with Gasteiger partial charge in [-0.05, 0) is 12.1 Å². The van der Waals surface area contributed by atoms with Crippen LogP contribution >= 0.6 is 23.2 Å². The Morgan fingerprint density at radius 1 is 1.29 bits per heavy atom. The van der Waals surface area contributed by atoms with E-state index < -0.39 is 33.8 Å². The van der Waals surface area contributed by atoms with Gasteiger partial charge in [-0.1, -0.05) is 23.2 Å². The van der Waals surface area contributed by atoms with E-state index in [1.807, 2.05) is 0 Å². The second kappa shape index (κ2) is 6.66. The Morgan fingerprint density at radius 3 is 2.33 bits per heavy atom. The Hall–Kier alpha value is -0.610. The van der Waals surface area contributed by atoms with Crippen LogP contribution in [0.1, 0.15) is 5.56 Å². The van der Waals surface area contributed by atoms with E-state index in [9.17, 15) is 26.0 Å². The Balaban J connectivity index is 3.10. The maximum Gasteiger partial charge on any atom is 0.320 e. The van der Waals surface area contributed by atoms with Crippen LogP contribution in [0.5, 0.6) is 0 Å². The van der Waals surface area contributed by atoms with E-state index in [1.165, 1.54) is 4.72 Å². The van der Waals surface area contributed by atoms with Crippen LogP contribution in [0.4, 0.5) is 17.6 Å². The number of benzene rings is 1. The molecule has 0 aliphatic carbocycles. The molecule has 0 aliphatic heterocycles. The summed E-state index contributed by atoms with van der Waals surface area (Å²) in [5.41, 5.74) is 5.44. The van der Waals surface area contributed by atoms with E-state index in [-0.39, 0.29) is 22.2 Å². The summed E-state index contributed by atoms with van der Waals surface area (Å²) in [5.74, 6) is -4.50. The fourth-order valence-electron chi connectivity index (χ4n) is 1.32. The van der Waals surface area contributed by atoms with Gasteiger partial charge in [-0.15, -0.1) is 0 Å². The molecule has 120 valence electrons. The number of hydrogen-bond acceptors (Lipinski definition) is 3. The number of nitrogens with one attached hydrogen (secondary N) is 1. The van der Waals surface area contributed by atoms with E-state index in [2.05, 4.69) is 0 Å². The number of rotatable bonds is 6. The van der Waals surface area contributed by atoms with Crippen molar-refractivity contribution in [1.82, 2.24) is 4.72 Å². The van der Waals surface area contributed by atoms with Gasteiger partial charge in [-0.25, -0.2) is 21.9 Å². The molecule has 0 bridgehead atoms. The fourth-order valence-corrected chi connectivity index (χ4v) is 3.29.